The number of carbonyl (C=O) groups excluding carboxylic acids is 1. The zero-order valence-corrected chi connectivity index (χ0v) is 15.1. The van der Waals surface area contributed by atoms with Crippen molar-refractivity contribution in [3.05, 3.63) is 45.9 Å². The minimum atomic E-state index is -0.0361. The molecule has 0 spiro atoms. The van der Waals surface area contributed by atoms with Crippen LogP contribution in [0.15, 0.2) is 29.6 Å². The molecule has 0 bridgehead atoms. The third-order valence-electron chi connectivity index (χ3n) is 4.73. The normalized spacial score (nSPS) is 20.6. The number of methoxy groups -OCH3 is 1. The summed E-state index contributed by atoms with van der Waals surface area (Å²) >= 11 is 1.54. The molecule has 2 atom stereocenters. The molecule has 1 fully saturated rings. The molecule has 4 nitrogen and oxygen atoms in total. The van der Waals surface area contributed by atoms with E-state index in [2.05, 4.69) is 17.2 Å². The molecule has 2 aromatic rings. The fourth-order valence-corrected chi connectivity index (χ4v) is 4.00. The number of carbonyl (C=O) groups is 1. The highest BCUT2D eigenvalue weighted by Gasteiger charge is 2.24. The third-order valence-corrected chi connectivity index (χ3v) is 5.58. The van der Waals surface area contributed by atoms with E-state index >= 15 is 0 Å². The van der Waals surface area contributed by atoms with Gasteiger partial charge in [0.1, 0.15) is 11.4 Å². The second-order valence-corrected chi connectivity index (χ2v) is 7.44. The van der Waals surface area contributed by atoms with E-state index in [1.54, 1.807) is 18.4 Å². The van der Waals surface area contributed by atoms with E-state index in [0.29, 0.717) is 11.6 Å². The largest absolute Gasteiger partial charge is 0.497 e. The topological polar surface area (TPSA) is 51.2 Å². The molecule has 1 heterocycles. The summed E-state index contributed by atoms with van der Waals surface area (Å²) in [5.41, 5.74) is 1.71. The molecule has 0 saturated heterocycles. The number of rotatable bonds is 5. The van der Waals surface area contributed by atoms with Crippen LogP contribution in [0.3, 0.4) is 0 Å². The standard InChI is InChI=1S/C19H24N2O2S/c1-13-5-3-4-6-16(13)21-19(22)17-12-24-18(20-17)11-14-7-9-15(23-2)10-8-14/h7-10,12-13,16H,3-6,11H2,1-2H3,(H,21,22). The van der Waals surface area contributed by atoms with Crippen LogP contribution in [-0.4, -0.2) is 24.0 Å². The first kappa shape index (κ1) is 17.0. The third kappa shape index (κ3) is 4.15. The van der Waals surface area contributed by atoms with E-state index in [4.69, 9.17) is 4.74 Å². The Kier molecular flexibility index (Phi) is 5.51. The maximum Gasteiger partial charge on any atom is 0.270 e. The first-order chi connectivity index (χ1) is 11.7. The van der Waals surface area contributed by atoms with Crippen LogP contribution in [0.5, 0.6) is 5.75 Å². The van der Waals surface area contributed by atoms with E-state index in [0.717, 1.165) is 29.2 Å². The van der Waals surface area contributed by atoms with Gasteiger partial charge in [0.05, 0.1) is 12.1 Å². The van der Waals surface area contributed by atoms with Crippen molar-refractivity contribution in [3.8, 4) is 5.75 Å². The van der Waals surface area contributed by atoms with Crippen LogP contribution in [0.1, 0.15) is 53.7 Å². The van der Waals surface area contributed by atoms with Crippen LogP contribution >= 0.6 is 11.3 Å². The van der Waals surface area contributed by atoms with Gasteiger partial charge < -0.3 is 10.1 Å². The van der Waals surface area contributed by atoms with Crippen molar-refractivity contribution < 1.29 is 9.53 Å². The van der Waals surface area contributed by atoms with Gasteiger partial charge in [-0.1, -0.05) is 31.9 Å². The number of hydrogen-bond acceptors (Lipinski definition) is 4. The van der Waals surface area contributed by atoms with Crippen molar-refractivity contribution in [2.24, 2.45) is 5.92 Å². The number of hydrogen-bond donors (Lipinski definition) is 1. The maximum atomic E-state index is 12.4. The average Bonchev–Trinajstić information content (AvgIpc) is 3.06. The van der Waals surface area contributed by atoms with Crippen molar-refractivity contribution in [1.29, 1.82) is 0 Å². The molecule has 1 N–H and O–H groups in total. The highest BCUT2D eigenvalue weighted by Crippen LogP contribution is 2.24. The van der Waals surface area contributed by atoms with Crippen LogP contribution in [0.25, 0.3) is 0 Å². The van der Waals surface area contributed by atoms with Gasteiger partial charge in [-0.15, -0.1) is 11.3 Å². The number of nitrogens with zero attached hydrogens (tertiary/aromatic N) is 1. The summed E-state index contributed by atoms with van der Waals surface area (Å²) < 4.78 is 5.17. The second-order valence-electron chi connectivity index (χ2n) is 6.49. The van der Waals surface area contributed by atoms with Gasteiger partial charge in [0.25, 0.3) is 5.91 Å². The summed E-state index contributed by atoms with van der Waals surface area (Å²) in [6.07, 6.45) is 5.49. The lowest BCUT2D eigenvalue weighted by molar-refractivity contribution is 0.0905. The molecule has 1 saturated carbocycles. The SMILES string of the molecule is COc1ccc(Cc2nc(C(=O)NC3CCCCC3C)cs2)cc1. The number of nitrogens with one attached hydrogen (secondary N) is 1. The average molecular weight is 344 g/mol. The Balaban J connectivity index is 1.60. The summed E-state index contributed by atoms with van der Waals surface area (Å²) in [4.78, 5) is 16.9. The molecule has 1 aromatic carbocycles. The van der Waals surface area contributed by atoms with E-state index in [1.165, 1.54) is 19.3 Å². The Labute approximate surface area is 147 Å². The molecule has 2 unspecified atom stereocenters. The summed E-state index contributed by atoms with van der Waals surface area (Å²) in [6, 6.07) is 8.24. The van der Waals surface area contributed by atoms with Gasteiger partial charge in [0, 0.05) is 17.8 Å². The van der Waals surface area contributed by atoms with Crippen molar-refractivity contribution in [2.75, 3.05) is 7.11 Å². The number of thiazole rings is 1. The molecule has 0 aliphatic heterocycles. The van der Waals surface area contributed by atoms with Crippen molar-refractivity contribution in [2.45, 2.75) is 45.1 Å². The monoisotopic (exact) mass is 344 g/mol. The summed E-state index contributed by atoms with van der Waals surface area (Å²) in [7, 11) is 1.66. The molecule has 24 heavy (non-hydrogen) atoms. The van der Waals surface area contributed by atoms with E-state index in [1.807, 2.05) is 29.6 Å². The molecule has 5 heteroatoms. The molecular weight excluding hydrogens is 320 g/mol. The first-order valence-corrected chi connectivity index (χ1v) is 9.42. The van der Waals surface area contributed by atoms with Crippen LogP contribution in [0, 0.1) is 5.92 Å². The lowest BCUT2D eigenvalue weighted by atomic mass is 9.86. The quantitative estimate of drug-likeness (QED) is 0.890. The van der Waals surface area contributed by atoms with Crippen LogP contribution in [0.2, 0.25) is 0 Å². The second kappa shape index (κ2) is 7.79. The van der Waals surface area contributed by atoms with E-state index < -0.39 is 0 Å². The fourth-order valence-electron chi connectivity index (χ4n) is 3.19. The minimum absolute atomic E-state index is 0.0361. The molecule has 1 amide bonds. The number of benzene rings is 1. The zero-order valence-electron chi connectivity index (χ0n) is 14.2. The minimum Gasteiger partial charge on any atom is -0.497 e. The lowest BCUT2D eigenvalue weighted by Crippen LogP contribution is -2.41. The van der Waals surface area contributed by atoms with E-state index in [-0.39, 0.29) is 11.9 Å². The predicted octanol–water partition coefficient (Wildman–Crippen LogP) is 4.05. The highest BCUT2D eigenvalue weighted by molar-refractivity contribution is 7.09. The van der Waals surface area contributed by atoms with Gasteiger partial charge in [-0.2, -0.15) is 0 Å². The Bertz CT molecular complexity index is 681. The van der Waals surface area contributed by atoms with Crippen LogP contribution in [0.4, 0.5) is 0 Å². The zero-order chi connectivity index (χ0) is 16.9. The van der Waals surface area contributed by atoms with Crippen molar-refractivity contribution >= 4 is 17.2 Å². The number of aromatic nitrogens is 1. The summed E-state index contributed by atoms with van der Waals surface area (Å²) in [5, 5.41) is 5.99. The lowest BCUT2D eigenvalue weighted by Gasteiger charge is -2.29. The summed E-state index contributed by atoms with van der Waals surface area (Å²) in [6.45, 7) is 2.22. The fraction of sp³-hybridized carbons (Fsp3) is 0.474. The molecule has 1 aliphatic carbocycles. The van der Waals surface area contributed by atoms with Gasteiger partial charge in [-0.05, 0) is 36.5 Å². The van der Waals surface area contributed by atoms with Gasteiger partial charge in [-0.3, -0.25) is 4.79 Å². The Hall–Kier alpha value is -1.88. The molecule has 1 aromatic heterocycles. The van der Waals surface area contributed by atoms with E-state index in [9.17, 15) is 4.79 Å². The maximum absolute atomic E-state index is 12.4. The van der Waals surface area contributed by atoms with Gasteiger partial charge in [-0.25, -0.2) is 4.98 Å². The smallest absolute Gasteiger partial charge is 0.270 e. The van der Waals surface area contributed by atoms with Crippen LogP contribution in [-0.2, 0) is 6.42 Å². The Morgan fingerprint density at radius 1 is 1.29 bits per heavy atom. The number of amides is 1. The Morgan fingerprint density at radius 3 is 2.75 bits per heavy atom. The van der Waals surface area contributed by atoms with Gasteiger partial charge >= 0.3 is 0 Å². The molecule has 1 aliphatic rings. The predicted molar refractivity (Wildman–Crippen MR) is 96.8 cm³/mol. The highest BCUT2D eigenvalue weighted by atomic mass is 32.1. The molecule has 0 radical (unpaired) electrons. The summed E-state index contributed by atoms with van der Waals surface area (Å²) in [5.74, 6) is 1.37. The molecule has 3 rings (SSSR count). The van der Waals surface area contributed by atoms with Gasteiger partial charge in [0.2, 0.25) is 0 Å². The molecular formula is C19H24N2O2S. The number of ether oxygens (including phenoxy) is 1. The first-order valence-electron chi connectivity index (χ1n) is 8.54. The van der Waals surface area contributed by atoms with Crippen molar-refractivity contribution in [3.63, 3.8) is 0 Å². The van der Waals surface area contributed by atoms with Crippen LogP contribution < -0.4 is 10.1 Å². The Morgan fingerprint density at radius 2 is 2.04 bits per heavy atom. The van der Waals surface area contributed by atoms with Crippen molar-refractivity contribution in [1.82, 2.24) is 10.3 Å². The van der Waals surface area contributed by atoms with Gasteiger partial charge in [0.15, 0.2) is 0 Å². The molecule has 128 valence electrons.